The van der Waals surface area contributed by atoms with Gasteiger partial charge in [-0.15, -0.1) is 0 Å². The molecule has 18 heavy (non-hydrogen) atoms. The van der Waals surface area contributed by atoms with Gasteiger partial charge in [0.15, 0.2) is 0 Å². The van der Waals surface area contributed by atoms with Gasteiger partial charge in [-0.1, -0.05) is 13.3 Å². The van der Waals surface area contributed by atoms with Gasteiger partial charge in [-0.25, -0.2) is 0 Å². The molecule has 0 amide bonds. The maximum Gasteiger partial charge on any atom is 0.309 e. The summed E-state index contributed by atoms with van der Waals surface area (Å²) in [6.07, 6.45) is 3.69. The zero-order valence-electron chi connectivity index (χ0n) is 10.9. The molecule has 5 heteroatoms. The van der Waals surface area contributed by atoms with E-state index in [4.69, 9.17) is 14.6 Å². The molecule has 0 saturated heterocycles. The van der Waals surface area contributed by atoms with Gasteiger partial charge < -0.3 is 14.6 Å². The van der Waals surface area contributed by atoms with Crippen molar-refractivity contribution >= 4 is 11.9 Å². The van der Waals surface area contributed by atoms with Crippen molar-refractivity contribution in [2.45, 2.75) is 39.0 Å². The Morgan fingerprint density at radius 1 is 1.11 bits per heavy atom. The lowest BCUT2D eigenvalue weighted by atomic mass is 9.81. The zero-order valence-corrected chi connectivity index (χ0v) is 10.9. The highest BCUT2D eigenvalue weighted by molar-refractivity contribution is 5.76. The van der Waals surface area contributed by atoms with E-state index in [-0.39, 0.29) is 37.0 Å². The number of aliphatic hydroxyl groups excluding tert-OH is 1. The Labute approximate surface area is 107 Å². The Morgan fingerprint density at radius 2 is 1.67 bits per heavy atom. The molecule has 2 atom stereocenters. The molecular formula is C13H22O5. The summed E-state index contributed by atoms with van der Waals surface area (Å²) in [6, 6.07) is 0. The quantitative estimate of drug-likeness (QED) is 0.727. The third-order valence-corrected chi connectivity index (χ3v) is 3.12. The highest BCUT2D eigenvalue weighted by Gasteiger charge is 2.32. The van der Waals surface area contributed by atoms with Crippen LogP contribution in [-0.2, 0) is 19.1 Å². The molecule has 1 aliphatic rings. The fraction of sp³-hybridized carbons (Fsp3) is 0.846. The smallest absolute Gasteiger partial charge is 0.309 e. The Bertz CT molecular complexity index is 251. The fourth-order valence-electron chi connectivity index (χ4n) is 2.20. The van der Waals surface area contributed by atoms with Gasteiger partial charge in [0.2, 0.25) is 0 Å². The molecule has 0 aliphatic heterocycles. The molecule has 0 spiro atoms. The number of esters is 2. The molecule has 1 saturated carbocycles. The molecule has 0 aromatic carbocycles. The van der Waals surface area contributed by atoms with Crippen molar-refractivity contribution < 1.29 is 24.2 Å². The summed E-state index contributed by atoms with van der Waals surface area (Å²) >= 11 is 0. The van der Waals surface area contributed by atoms with E-state index >= 15 is 0 Å². The van der Waals surface area contributed by atoms with Crippen LogP contribution in [0.1, 0.15) is 39.0 Å². The van der Waals surface area contributed by atoms with Crippen LogP contribution in [0.25, 0.3) is 0 Å². The minimum Gasteiger partial charge on any atom is -0.465 e. The van der Waals surface area contributed by atoms with E-state index in [1.54, 1.807) is 0 Å². The molecule has 2 unspecified atom stereocenters. The standard InChI is InChI=1S/C13H22O5/c1-2-7-17-12(15)10-4-3-5-11(9-10)13(16)18-8-6-14/h10-11,14H,2-9H2,1H3. The van der Waals surface area contributed by atoms with Crippen LogP contribution in [0.15, 0.2) is 0 Å². The largest absolute Gasteiger partial charge is 0.465 e. The Hall–Kier alpha value is -1.10. The number of carbonyl (C=O) groups excluding carboxylic acids is 2. The van der Waals surface area contributed by atoms with Crippen LogP contribution in [0, 0.1) is 11.8 Å². The molecule has 0 radical (unpaired) electrons. The van der Waals surface area contributed by atoms with Crippen LogP contribution in [0.3, 0.4) is 0 Å². The second-order valence-electron chi connectivity index (χ2n) is 4.62. The van der Waals surface area contributed by atoms with Crippen LogP contribution in [-0.4, -0.2) is 36.9 Å². The molecule has 5 nitrogen and oxygen atoms in total. The number of carbonyl (C=O) groups is 2. The normalized spacial score (nSPS) is 23.4. The summed E-state index contributed by atoms with van der Waals surface area (Å²) < 4.78 is 10.0. The van der Waals surface area contributed by atoms with E-state index in [1.807, 2.05) is 6.92 Å². The first-order valence-electron chi connectivity index (χ1n) is 6.63. The first kappa shape index (κ1) is 15.0. The van der Waals surface area contributed by atoms with E-state index in [0.29, 0.717) is 13.0 Å². The number of aliphatic hydroxyl groups is 1. The summed E-state index contributed by atoms with van der Waals surface area (Å²) in [5, 5.41) is 8.60. The first-order chi connectivity index (χ1) is 8.69. The molecular weight excluding hydrogens is 236 g/mol. The molecule has 0 aromatic rings. The van der Waals surface area contributed by atoms with Gasteiger partial charge in [-0.3, -0.25) is 9.59 Å². The van der Waals surface area contributed by atoms with E-state index in [9.17, 15) is 9.59 Å². The first-order valence-corrected chi connectivity index (χ1v) is 6.63. The van der Waals surface area contributed by atoms with E-state index in [1.165, 1.54) is 0 Å². The van der Waals surface area contributed by atoms with Gasteiger partial charge in [0, 0.05) is 0 Å². The minimum atomic E-state index is -0.308. The van der Waals surface area contributed by atoms with E-state index < -0.39 is 0 Å². The van der Waals surface area contributed by atoms with Crippen molar-refractivity contribution in [3.63, 3.8) is 0 Å². The summed E-state index contributed by atoms with van der Waals surface area (Å²) in [5.41, 5.74) is 0. The van der Waals surface area contributed by atoms with Crippen molar-refractivity contribution in [2.75, 3.05) is 19.8 Å². The third-order valence-electron chi connectivity index (χ3n) is 3.12. The summed E-state index contributed by atoms with van der Waals surface area (Å²) in [4.78, 5) is 23.4. The number of ether oxygens (including phenoxy) is 2. The monoisotopic (exact) mass is 258 g/mol. The maximum atomic E-state index is 11.7. The third kappa shape index (κ3) is 4.64. The van der Waals surface area contributed by atoms with Gasteiger partial charge in [-0.05, 0) is 25.7 Å². The lowest BCUT2D eigenvalue weighted by Gasteiger charge is -2.26. The van der Waals surface area contributed by atoms with Crippen LogP contribution >= 0.6 is 0 Å². The lowest BCUT2D eigenvalue weighted by molar-refractivity contribution is -0.155. The van der Waals surface area contributed by atoms with Crippen molar-refractivity contribution in [1.29, 1.82) is 0 Å². The van der Waals surface area contributed by atoms with Crippen molar-refractivity contribution in [3.05, 3.63) is 0 Å². The lowest BCUT2D eigenvalue weighted by Crippen LogP contribution is -2.30. The van der Waals surface area contributed by atoms with Gasteiger partial charge in [0.25, 0.3) is 0 Å². The minimum absolute atomic E-state index is 0.0281. The van der Waals surface area contributed by atoms with Crippen molar-refractivity contribution in [2.24, 2.45) is 11.8 Å². The Kier molecular flexibility index (Phi) is 6.72. The SMILES string of the molecule is CCCOC(=O)C1CCCC(C(=O)OCCO)C1. The molecule has 0 bridgehead atoms. The molecule has 0 aromatic heterocycles. The van der Waals surface area contributed by atoms with Gasteiger partial charge in [0.1, 0.15) is 6.61 Å². The van der Waals surface area contributed by atoms with Crippen LogP contribution < -0.4 is 0 Å². The summed E-state index contributed by atoms with van der Waals surface area (Å²) in [6.45, 7) is 2.25. The molecule has 1 N–H and O–H groups in total. The van der Waals surface area contributed by atoms with Crippen molar-refractivity contribution in [1.82, 2.24) is 0 Å². The summed E-state index contributed by atoms with van der Waals surface area (Å²) in [7, 11) is 0. The van der Waals surface area contributed by atoms with Crippen LogP contribution in [0.4, 0.5) is 0 Å². The highest BCUT2D eigenvalue weighted by Crippen LogP contribution is 2.30. The van der Waals surface area contributed by atoms with Gasteiger partial charge >= 0.3 is 11.9 Å². The molecule has 1 rings (SSSR count). The Balaban J connectivity index is 2.40. The van der Waals surface area contributed by atoms with Crippen molar-refractivity contribution in [3.8, 4) is 0 Å². The summed E-state index contributed by atoms with van der Waals surface area (Å²) in [5.74, 6) is -0.921. The average Bonchev–Trinajstić information content (AvgIpc) is 2.42. The second-order valence-corrected chi connectivity index (χ2v) is 4.62. The molecule has 0 heterocycles. The molecule has 1 fully saturated rings. The predicted octanol–water partition coefficient (Wildman–Crippen LogP) is 1.28. The number of rotatable bonds is 6. The molecule has 1 aliphatic carbocycles. The second kappa shape index (κ2) is 8.08. The van der Waals surface area contributed by atoms with Crippen LogP contribution in [0.5, 0.6) is 0 Å². The van der Waals surface area contributed by atoms with Gasteiger partial charge in [0.05, 0.1) is 25.0 Å². The average molecular weight is 258 g/mol. The maximum absolute atomic E-state index is 11.7. The van der Waals surface area contributed by atoms with E-state index in [2.05, 4.69) is 0 Å². The topological polar surface area (TPSA) is 72.8 Å². The molecule has 104 valence electrons. The zero-order chi connectivity index (χ0) is 13.4. The van der Waals surface area contributed by atoms with Gasteiger partial charge in [-0.2, -0.15) is 0 Å². The Morgan fingerprint density at radius 3 is 2.17 bits per heavy atom. The van der Waals surface area contributed by atoms with Crippen LogP contribution in [0.2, 0.25) is 0 Å². The number of hydrogen-bond donors (Lipinski definition) is 1. The predicted molar refractivity (Wildman–Crippen MR) is 64.7 cm³/mol. The van der Waals surface area contributed by atoms with E-state index in [0.717, 1.165) is 25.7 Å². The number of hydrogen-bond acceptors (Lipinski definition) is 5. The fourth-order valence-corrected chi connectivity index (χ4v) is 2.20. The highest BCUT2D eigenvalue weighted by atomic mass is 16.5.